The third kappa shape index (κ3) is 2.53. The van der Waals surface area contributed by atoms with Gasteiger partial charge >= 0.3 is 0 Å². The molecular weight excluding hydrogens is 387 g/mol. The van der Waals surface area contributed by atoms with Crippen molar-refractivity contribution in [3.63, 3.8) is 0 Å². The van der Waals surface area contributed by atoms with Crippen LogP contribution in [0.3, 0.4) is 0 Å². The van der Waals surface area contributed by atoms with Crippen molar-refractivity contribution in [3.8, 4) is 10.7 Å². The first kappa shape index (κ1) is 11.8. The first-order valence-electron chi connectivity index (χ1n) is 3.72. The molecule has 0 spiro atoms. The van der Waals surface area contributed by atoms with Gasteiger partial charge in [0.25, 0.3) is 0 Å². The molecule has 0 N–H and O–H groups in total. The van der Waals surface area contributed by atoms with Crippen LogP contribution >= 0.6 is 66.4 Å². The standard InChI is InChI=1S/C8H2Br2Cl2N2S/c9-4-2-1-3(15-4)8-13-6(11)5(10)7(12)14-8/h1-2H. The molecule has 0 radical (unpaired) electrons. The lowest BCUT2D eigenvalue weighted by Gasteiger charge is -2.00. The number of thiophene rings is 1. The average Bonchev–Trinajstić information content (AvgIpc) is 2.60. The van der Waals surface area contributed by atoms with E-state index in [9.17, 15) is 0 Å². The molecule has 0 fully saturated rings. The van der Waals surface area contributed by atoms with E-state index in [0.717, 1.165) is 8.66 Å². The maximum atomic E-state index is 5.89. The SMILES string of the molecule is Clc1nc(-c2ccc(Br)s2)nc(Cl)c1Br. The fraction of sp³-hybridized carbons (Fsp3) is 0. The number of hydrogen-bond acceptors (Lipinski definition) is 3. The largest absolute Gasteiger partial charge is 0.214 e. The fourth-order valence-corrected chi connectivity index (χ4v) is 2.82. The number of rotatable bonds is 1. The van der Waals surface area contributed by atoms with E-state index >= 15 is 0 Å². The summed E-state index contributed by atoms with van der Waals surface area (Å²) in [6.07, 6.45) is 0. The van der Waals surface area contributed by atoms with Gasteiger partial charge in [0, 0.05) is 0 Å². The first-order valence-corrected chi connectivity index (χ1v) is 6.88. The summed E-state index contributed by atoms with van der Waals surface area (Å²) >= 11 is 19.9. The van der Waals surface area contributed by atoms with Gasteiger partial charge in [-0.1, -0.05) is 23.2 Å². The van der Waals surface area contributed by atoms with Crippen LogP contribution in [0.2, 0.25) is 10.3 Å². The first-order chi connectivity index (χ1) is 7.08. The van der Waals surface area contributed by atoms with Crippen LogP contribution in [0.5, 0.6) is 0 Å². The van der Waals surface area contributed by atoms with Crippen molar-refractivity contribution >= 4 is 66.4 Å². The second kappa shape index (κ2) is 4.67. The van der Waals surface area contributed by atoms with E-state index in [-0.39, 0.29) is 0 Å². The van der Waals surface area contributed by atoms with Crippen LogP contribution in [0.15, 0.2) is 20.4 Å². The highest BCUT2D eigenvalue weighted by Gasteiger charge is 2.11. The summed E-state index contributed by atoms with van der Waals surface area (Å²) in [5.41, 5.74) is 0. The summed E-state index contributed by atoms with van der Waals surface area (Å²) in [6.45, 7) is 0. The number of hydrogen-bond donors (Lipinski definition) is 0. The Bertz CT molecular complexity index is 492. The Morgan fingerprint density at radius 2 is 1.67 bits per heavy atom. The molecule has 0 bridgehead atoms. The Kier molecular flexibility index (Phi) is 3.67. The number of nitrogens with zero attached hydrogens (tertiary/aromatic N) is 2. The molecule has 15 heavy (non-hydrogen) atoms. The van der Waals surface area contributed by atoms with Crippen LogP contribution in [-0.4, -0.2) is 9.97 Å². The van der Waals surface area contributed by atoms with Gasteiger partial charge in [-0.05, 0) is 44.0 Å². The van der Waals surface area contributed by atoms with Crippen molar-refractivity contribution in [1.82, 2.24) is 9.97 Å². The van der Waals surface area contributed by atoms with E-state index in [1.165, 1.54) is 11.3 Å². The van der Waals surface area contributed by atoms with Crippen LogP contribution < -0.4 is 0 Å². The van der Waals surface area contributed by atoms with Crippen LogP contribution in [0, 0.1) is 0 Å². The zero-order valence-corrected chi connectivity index (χ0v) is 12.5. The lowest BCUT2D eigenvalue weighted by Crippen LogP contribution is -1.89. The second-order valence-corrected chi connectivity index (χ2v) is 6.52. The molecule has 78 valence electrons. The minimum absolute atomic E-state index is 0.314. The normalized spacial score (nSPS) is 10.7. The summed E-state index contributed by atoms with van der Waals surface area (Å²) in [4.78, 5) is 9.17. The summed E-state index contributed by atoms with van der Waals surface area (Å²) < 4.78 is 1.53. The highest BCUT2D eigenvalue weighted by atomic mass is 79.9. The van der Waals surface area contributed by atoms with Gasteiger partial charge in [0.2, 0.25) is 0 Å². The Balaban J connectivity index is 2.55. The zero-order valence-electron chi connectivity index (χ0n) is 6.97. The monoisotopic (exact) mass is 386 g/mol. The molecule has 7 heteroatoms. The van der Waals surface area contributed by atoms with Crippen molar-refractivity contribution in [1.29, 1.82) is 0 Å². The van der Waals surface area contributed by atoms with Gasteiger partial charge in [-0.3, -0.25) is 0 Å². The van der Waals surface area contributed by atoms with Crippen LogP contribution in [0.4, 0.5) is 0 Å². The third-order valence-corrected chi connectivity index (χ3v) is 4.94. The molecule has 0 atom stereocenters. The van der Waals surface area contributed by atoms with Crippen LogP contribution in [-0.2, 0) is 0 Å². The molecule has 2 nitrogen and oxygen atoms in total. The summed E-state index contributed by atoms with van der Waals surface area (Å²) in [5, 5.41) is 0.629. The molecule has 2 aromatic heterocycles. The van der Waals surface area contributed by atoms with Crippen molar-refractivity contribution in [2.75, 3.05) is 0 Å². The Morgan fingerprint density at radius 3 is 2.13 bits per heavy atom. The van der Waals surface area contributed by atoms with Crippen LogP contribution in [0.25, 0.3) is 10.7 Å². The summed E-state index contributed by atoms with van der Waals surface area (Å²) in [5.74, 6) is 0.531. The summed E-state index contributed by atoms with van der Waals surface area (Å²) in [6, 6.07) is 3.83. The Hall–Kier alpha value is 0.320. The predicted octanol–water partition coefficient (Wildman–Crippen LogP) is 5.04. The van der Waals surface area contributed by atoms with Gasteiger partial charge in [-0.15, -0.1) is 11.3 Å². The minimum atomic E-state index is 0.314. The van der Waals surface area contributed by atoms with Gasteiger partial charge in [0.05, 0.1) is 13.1 Å². The molecule has 0 aliphatic rings. The molecule has 0 aliphatic heterocycles. The van der Waals surface area contributed by atoms with E-state index in [1.807, 2.05) is 12.1 Å². The molecule has 0 amide bonds. The predicted molar refractivity (Wildman–Crippen MR) is 70.8 cm³/mol. The van der Waals surface area contributed by atoms with Gasteiger partial charge in [-0.2, -0.15) is 0 Å². The molecule has 0 unspecified atom stereocenters. The quantitative estimate of drug-likeness (QED) is 0.640. The molecule has 0 saturated carbocycles. The van der Waals surface area contributed by atoms with E-state index < -0.39 is 0 Å². The van der Waals surface area contributed by atoms with E-state index in [1.54, 1.807) is 0 Å². The third-order valence-electron chi connectivity index (χ3n) is 1.56. The maximum absolute atomic E-state index is 5.89. The van der Waals surface area contributed by atoms with E-state index in [2.05, 4.69) is 41.8 Å². The highest BCUT2D eigenvalue weighted by Crippen LogP contribution is 2.33. The molecule has 2 aromatic rings. The average molecular weight is 389 g/mol. The highest BCUT2D eigenvalue weighted by molar-refractivity contribution is 9.11. The lowest BCUT2D eigenvalue weighted by molar-refractivity contribution is 1.17. The zero-order chi connectivity index (χ0) is 11.0. The number of halogens is 4. The van der Waals surface area contributed by atoms with Crippen molar-refractivity contribution < 1.29 is 0 Å². The topological polar surface area (TPSA) is 25.8 Å². The van der Waals surface area contributed by atoms with Crippen molar-refractivity contribution in [3.05, 3.63) is 30.7 Å². The van der Waals surface area contributed by atoms with E-state index in [0.29, 0.717) is 20.6 Å². The van der Waals surface area contributed by atoms with Crippen molar-refractivity contribution in [2.45, 2.75) is 0 Å². The van der Waals surface area contributed by atoms with Gasteiger partial charge < -0.3 is 0 Å². The Labute approximate surface area is 117 Å². The van der Waals surface area contributed by atoms with E-state index in [4.69, 9.17) is 23.2 Å². The molecule has 2 heterocycles. The van der Waals surface area contributed by atoms with Gasteiger partial charge in [-0.25, -0.2) is 9.97 Å². The number of aromatic nitrogens is 2. The van der Waals surface area contributed by atoms with Crippen LogP contribution in [0.1, 0.15) is 0 Å². The Morgan fingerprint density at radius 1 is 1.07 bits per heavy atom. The molecule has 0 aliphatic carbocycles. The second-order valence-electron chi connectivity index (χ2n) is 2.55. The van der Waals surface area contributed by atoms with Gasteiger partial charge in [0.15, 0.2) is 5.82 Å². The maximum Gasteiger partial charge on any atom is 0.172 e. The molecule has 0 aromatic carbocycles. The summed E-state index contributed by atoms with van der Waals surface area (Å²) in [7, 11) is 0. The molecular formula is C8H2Br2Cl2N2S. The van der Waals surface area contributed by atoms with Gasteiger partial charge in [0.1, 0.15) is 10.3 Å². The lowest BCUT2D eigenvalue weighted by atomic mass is 10.4. The smallest absolute Gasteiger partial charge is 0.172 e. The fourth-order valence-electron chi connectivity index (χ4n) is 0.939. The molecule has 0 saturated heterocycles. The molecule has 2 rings (SSSR count). The van der Waals surface area contributed by atoms with Crippen molar-refractivity contribution in [2.24, 2.45) is 0 Å². The minimum Gasteiger partial charge on any atom is -0.214 e.